The van der Waals surface area contributed by atoms with Crippen molar-refractivity contribution in [2.75, 3.05) is 13.1 Å². The van der Waals surface area contributed by atoms with E-state index in [-0.39, 0.29) is 12.0 Å². The molecule has 18 heavy (non-hydrogen) atoms. The van der Waals surface area contributed by atoms with E-state index in [0.29, 0.717) is 6.54 Å². The Bertz CT molecular complexity index is 375. The smallest absolute Gasteiger partial charge is 0.318 e. The van der Waals surface area contributed by atoms with Crippen LogP contribution in [0.1, 0.15) is 39.5 Å². The quantitative estimate of drug-likeness (QED) is 0.721. The number of hydrogen-bond donors (Lipinski definition) is 2. The number of hydrogen-bond acceptors (Lipinski definition) is 3. The Balaban J connectivity index is 2.76. The maximum Gasteiger partial charge on any atom is 0.318 e. The van der Waals surface area contributed by atoms with Crippen LogP contribution in [0.4, 0.5) is 0 Å². The summed E-state index contributed by atoms with van der Waals surface area (Å²) < 4.78 is 27.8. The first-order chi connectivity index (χ1) is 8.33. The zero-order chi connectivity index (χ0) is 13.8. The molecule has 0 bridgehead atoms. The van der Waals surface area contributed by atoms with Crippen LogP contribution in [-0.2, 0) is 15.0 Å². The summed E-state index contributed by atoms with van der Waals surface area (Å²) in [6.07, 6.45) is 3.41. The summed E-state index contributed by atoms with van der Waals surface area (Å²) >= 11 is 0. The van der Waals surface area contributed by atoms with Crippen molar-refractivity contribution >= 4 is 16.2 Å². The van der Waals surface area contributed by atoms with Gasteiger partial charge >= 0.3 is 5.97 Å². The average molecular weight is 278 g/mol. The van der Waals surface area contributed by atoms with Crippen molar-refractivity contribution in [3.63, 3.8) is 0 Å². The maximum atomic E-state index is 12.1. The first kappa shape index (κ1) is 15.4. The molecular formula is C11H22N2O4S. The van der Waals surface area contributed by atoms with E-state index in [0.717, 1.165) is 30.0 Å². The van der Waals surface area contributed by atoms with Crippen molar-refractivity contribution in [1.82, 2.24) is 9.03 Å². The molecule has 0 aromatic carbocycles. The summed E-state index contributed by atoms with van der Waals surface area (Å²) in [6.45, 7) is 3.67. The van der Waals surface area contributed by atoms with Gasteiger partial charge in [0.15, 0.2) is 0 Å². The van der Waals surface area contributed by atoms with Crippen LogP contribution in [0, 0.1) is 5.92 Å². The summed E-state index contributed by atoms with van der Waals surface area (Å²) in [7, 11) is -3.69. The van der Waals surface area contributed by atoms with Crippen LogP contribution in [0.25, 0.3) is 0 Å². The zero-order valence-electron chi connectivity index (χ0n) is 10.9. The van der Waals surface area contributed by atoms with Crippen LogP contribution < -0.4 is 4.72 Å². The van der Waals surface area contributed by atoms with Gasteiger partial charge in [0.25, 0.3) is 10.2 Å². The van der Waals surface area contributed by atoms with E-state index in [4.69, 9.17) is 5.11 Å². The van der Waals surface area contributed by atoms with Crippen LogP contribution in [0.15, 0.2) is 0 Å². The monoisotopic (exact) mass is 278 g/mol. The molecule has 1 rings (SSSR count). The highest BCUT2D eigenvalue weighted by Gasteiger charge is 2.33. The van der Waals surface area contributed by atoms with Gasteiger partial charge in [-0.05, 0) is 18.8 Å². The summed E-state index contributed by atoms with van der Waals surface area (Å²) in [6, 6.07) is -0.175. The lowest BCUT2D eigenvalue weighted by atomic mass is 10.2. The molecule has 1 fully saturated rings. The lowest BCUT2D eigenvalue weighted by molar-refractivity contribution is -0.137. The third-order valence-electron chi connectivity index (χ3n) is 3.01. The molecule has 2 N–H and O–H groups in total. The lowest BCUT2D eigenvalue weighted by Gasteiger charge is -2.26. The Morgan fingerprint density at radius 2 is 1.94 bits per heavy atom. The molecule has 0 aliphatic heterocycles. The second-order valence-electron chi connectivity index (χ2n) is 5.12. The van der Waals surface area contributed by atoms with E-state index in [1.54, 1.807) is 0 Å². The fraction of sp³-hybridized carbons (Fsp3) is 0.909. The maximum absolute atomic E-state index is 12.1. The molecule has 1 aliphatic rings. The number of carboxylic acid groups (broad SMARTS) is 1. The summed E-state index contributed by atoms with van der Waals surface area (Å²) in [5.41, 5.74) is 0. The first-order valence-electron chi connectivity index (χ1n) is 6.31. The number of carbonyl (C=O) groups is 1. The molecule has 0 amide bonds. The van der Waals surface area contributed by atoms with Gasteiger partial charge in [-0.1, -0.05) is 26.7 Å². The van der Waals surface area contributed by atoms with E-state index in [9.17, 15) is 13.2 Å². The third kappa shape index (κ3) is 4.55. The van der Waals surface area contributed by atoms with E-state index in [1.807, 2.05) is 13.8 Å². The topological polar surface area (TPSA) is 86.7 Å². The Kier molecular flexibility index (Phi) is 5.55. The van der Waals surface area contributed by atoms with Gasteiger partial charge in [-0.3, -0.25) is 4.79 Å². The van der Waals surface area contributed by atoms with Gasteiger partial charge < -0.3 is 5.11 Å². The minimum atomic E-state index is -3.69. The minimum Gasteiger partial charge on any atom is -0.480 e. The van der Waals surface area contributed by atoms with E-state index >= 15 is 0 Å². The molecule has 6 nitrogen and oxygen atoms in total. The van der Waals surface area contributed by atoms with E-state index < -0.39 is 22.7 Å². The van der Waals surface area contributed by atoms with E-state index in [2.05, 4.69) is 4.72 Å². The zero-order valence-corrected chi connectivity index (χ0v) is 11.7. The van der Waals surface area contributed by atoms with Gasteiger partial charge in [-0.2, -0.15) is 12.7 Å². The molecule has 0 saturated heterocycles. The van der Waals surface area contributed by atoms with Crippen molar-refractivity contribution in [2.24, 2.45) is 5.92 Å². The van der Waals surface area contributed by atoms with Crippen molar-refractivity contribution in [3.8, 4) is 0 Å². The average Bonchev–Trinajstić information content (AvgIpc) is 2.76. The Labute approximate surface area is 109 Å². The molecule has 0 radical (unpaired) electrons. The SMILES string of the molecule is CC(C)CNS(=O)(=O)N(CC(=O)O)C1CCCC1. The van der Waals surface area contributed by atoms with Gasteiger partial charge in [0.05, 0.1) is 0 Å². The normalized spacial score (nSPS) is 17.8. The van der Waals surface area contributed by atoms with E-state index in [1.165, 1.54) is 0 Å². The molecule has 1 saturated carbocycles. The summed E-state index contributed by atoms with van der Waals surface area (Å²) in [5, 5.41) is 8.85. The fourth-order valence-corrected chi connectivity index (χ4v) is 3.68. The van der Waals surface area contributed by atoms with Crippen LogP contribution in [0.3, 0.4) is 0 Å². The Hall–Kier alpha value is -0.660. The van der Waals surface area contributed by atoms with Crippen LogP contribution in [-0.4, -0.2) is 42.9 Å². The molecule has 0 aromatic heterocycles. The largest absolute Gasteiger partial charge is 0.480 e. The molecule has 1 aliphatic carbocycles. The highest BCUT2D eigenvalue weighted by Crippen LogP contribution is 2.25. The van der Waals surface area contributed by atoms with Crippen molar-refractivity contribution < 1.29 is 18.3 Å². The van der Waals surface area contributed by atoms with Gasteiger partial charge in [0.2, 0.25) is 0 Å². The predicted molar refractivity (Wildman–Crippen MR) is 68.4 cm³/mol. The summed E-state index contributed by atoms with van der Waals surface area (Å²) in [5.74, 6) is -0.924. The number of rotatable bonds is 7. The number of aliphatic carboxylic acids is 1. The highest BCUT2D eigenvalue weighted by atomic mass is 32.2. The Morgan fingerprint density at radius 3 is 2.39 bits per heavy atom. The molecule has 0 atom stereocenters. The second kappa shape index (κ2) is 6.49. The number of nitrogens with one attached hydrogen (secondary N) is 1. The van der Waals surface area contributed by atoms with Crippen molar-refractivity contribution in [1.29, 1.82) is 0 Å². The molecule has 0 heterocycles. The van der Waals surface area contributed by atoms with Gasteiger partial charge in [0.1, 0.15) is 6.54 Å². The van der Waals surface area contributed by atoms with Crippen LogP contribution >= 0.6 is 0 Å². The summed E-state index contributed by atoms with van der Waals surface area (Å²) in [4.78, 5) is 10.8. The first-order valence-corrected chi connectivity index (χ1v) is 7.75. The number of carboxylic acids is 1. The van der Waals surface area contributed by atoms with Crippen LogP contribution in [0.2, 0.25) is 0 Å². The standard InChI is InChI=1S/C11H22N2O4S/c1-9(2)7-12-18(16,17)13(8-11(14)15)10-5-3-4-6-10/h9-10,12H,3-8H2,1-2H3,(H,14,15). The minimum absolute atomic E-state index is 0.175. The second-order valence-corrected chi connectivity index (χ2v) is 6.83. The van der Waals surface area contributed by atoms with Crippen molar-refractivity contribution in [3.05, 3.63) is 0 Å². The molecule has 0 spiro atoms. The third-order valence-corrected chi connectivity index (χ3v) is 4.58. The highest BCUT2D eigenvalue weighted by molar-refractivity contribution is 7.87. The molecule has 0 unspecified atom stereocenters. The molecule has 106 valence electrons. The molecule has 0 aromatic rings. The van der Waals surface area contributed by atoms with Crippen LogP contribution in [0.5, 0.6) is 0 Å². The molecular weight excluding hydrogens is 256 g/mol. The Morgan fingerprint density at radius 1 is 1.39 bits per heavy atom. The number of nitrogens with zero attached hydrogens (tertiary/aromatic N) is 1. The van der Waals surface area contributed by atoms with Gasteiger partial charge in [0, 0.05) is 12.6 Å². The predicted octanol–water partition coefficient (Wildman–Crippen LogP) is 0.806. The fourth-order valence-electron chi connectivity index (χ4n) is 2.09. The lowest BCUT2D eigenvalue weighted by Crippen LogP contribution is -2.48. The molecule has 7 heteroatoms. The van der Waals surface area contributed by atoms with Gasteiger partial charge in [-0.25, -0.2) is 4.72 Å². The van der Waals surface area contributed by atoms with Gasteiger partial charge in [-0.15, -0.1) is 0 Å². The van der Waals surface area contributed by atoms with Crippen molar-refractivity contribution in [2.45, 2.75) is 45.6 Å².